The molecule has 1 fully saturated rings. The minimum atomic E-state index is -0.0535. The fourth-order valence-corrected chi connectivity index (χ4v) is 4.47. The number of amides is 2. The molecule has 29 heavy (non-hydrogen) atoms. The number of fused-ring (bicyclic) bond motifs is 1. The molecular formula is C23H35N3O3. The molecule has 0 spiro atoms. The number of rotatable bonds is 7. The topological polar surface area (TPSA) is 61.9 Å². The molecule has 0 unspecified atom stereocenters. The van der Waals surface area contributed by atoms with Crippen LogP contribution >= 0.6 is 0 Å². The molecule has 0 bridgehead atoms. The van der Waals surface area contributed by atoms with E-state index in [2.05, 4.69) is 24.1 Å². The summed E-state index contributed by atoms with van der Waals surface area (Å²) in [6, 6.07) is 8.83. The maximum Gasteiger partial charge on any atom is 0.227 e. The molecule has 2 aliphatic rings. The van der Waals surface area contributed by atoms with E-state index in [1.165, 1.54) is 19.3 Å². The standard InChI is InChI=1S/C23H35N3O3/c1-17-8-6-9-18(2)25(17)15-7-14-24-22(27)12-13-23(28)26-16-19(3)29-21-11-5-4-10-20(21)26/h4-5,10-11,17-19H,6-9,12-16H2,1-3H3,(H,24,27)/t17-,18-,19+/m0/s1. The Kier molecular flexibility index (Phi) is 7.53. The molecule has 2 amide bonds. The monoisotopic (exact) mass is 401 g/mol. The molecule has 6 nitrogen and oxygen atoms in total. The van der Waals surface area contributed by atoms with Crippen molar-refractivity contribution in [3.63, 3.8) is 0 Å². The molecule has 6 heteroatoms. The van der Waals surface area contributed by atoms with Crippen molar-refractivity contribution in [2.75, 3.05) is 24.5 Å². The summed E-state index contributed by atoms with van der Waals surface area (Å²) in [5.41, 5.74) is 0.792. The fourth-order valence-electron chi connectivity index (χ4n) is 4.47. The highest BCUT2D eigenvalue weighted by molar-refractivity contribution is 5.97. The number of carbonyl (C=O) groups excluding carboxylic acids is 2. The lowest BCUT2D eigenvalue weighted by Gasteiger charge is -2.39. The van der Waals surface area contributed by atoms with E-state index < -0.39 is 0 Å². The van der Waals surface area contributed by atoms with E-state index in [1.54, 1.807) is 4.90 Å². The Morgan fingerprint density at radius 1 is 1.10 bits per heavy atom. The molecule has 2 aliphatic heterocycles. The minimum Gasteiger partial charge on any atom is -0.487 e. The van der Waals surface area contributed by atoms with Crippen LogP contribution < -0.4 is 15.0 Å². The van der Waals surface area contributed by atoms with Gasteiger partial charge >= 0.3 is 0 Å². The van der Waals surface area contributed by atoms with Gasteiger partial charge in [0.25, 0.3) is 0 Å². The fraction of sp³-hybridized carbons (Fsp3) is 0.652. The first kappa shape index (κ1) is 21.6. The average molecular weight is 402 g/mol. The zero-order valence-electron chi connectivity index (χ0n) is 18.0. The largest absolute Gasteiger partial charge is 0.487 e. The van der Waals surface area contributed by atoms with Crippen LogP contribution in [0.2, 0.25) is 0 Å². The number of nitrogens with zero attached hydrogens (tertiary/aromatic N) is 2. The van der Waals surface area contributed by atoms with Crippen LogP contribution in [0.3, 0.4) is 0 Å². The Bertz CT molecular complexity index is 698. The summed E-state index contributed by atoms with van der Waals surface area (Å²) in [6.45, 7) is 8.75. The number of para-hydroxylation sites is 2. The lowest BCUT2D eigenvalue weighted by molar-refractivity contribution is -0.125. The van der Waals surface area contributed by atoms with E-state index in [0.29, 0.717) is 25.2 Å². The molecule has 1 aromatic rings. The maximum absolute atomic E-state index is 12.7. The first-order chi connectivity index (χ1) is 14.0. The van der Waals surface area contributed by atoms with Crippen molar-refractivity contribution >= 4 is 17.5 Å². The van der Waals surface area contributed by atoms with Crippen LogP contribution in [-0.2, 0) is 9.59 Å². The molecule has 1 N–H and O–H groups in total. The van der Waals surface area contributed by atoms with Gasteiger partial charge in [0.1, 0.15) is 11.9 Å². The van der Waals surface area contributed by atoms with Gasteiger partial charge in [-0.1, -0.05) is 18.6 Å². The van der Waals surface area contributed by atoms with Crippen molar-refractivity contribution in [1.29, 1.82) is 0 Å². The van der Waals surface area contributed by atoms with E-state index >= 15 is 0 Å². The summed E-state index contributed by atoms with van der Waals surface area (Å²) in [7, 11) is 0. The molecule has 0 radical (unpaired) electrons. The highest BCUT2D eigenvalue weighted by Crippen LogP contribution is 2.33. The first-order valence-electron chi connectivity index (χ1n) is 11.0. The van der Waals surface area contributed by atoms with Crippen molar-refractivity contribution in [3.05, 3.63) is 24.3 Å². The van der Waals surface area contributed by atoms with Crippen LogP contribution in [0.15, 0.2) is 24.3 Å². The predicted molar refractivity (Wildman–Crippen MR) is 115 cm³/mol. The van der Waals surface area contributed by atoms with E-state index in [-0.39, 0.29) is 30.8 Å². The Morgan fingerprint density at radius 3 is 2.59 bits per heavy atom. The maximum atomic E-state index is 12.7. The van der Waals surface area contributed by atoms with Gasteiger partial charge in [-0.15, -0.1) is 0 Å². The second-order valence-corrected chi connectivity index (χ2v) is 8.47. The number of benzene rings is 1. The van der Waals surface area contributed by atoms with Crippen molar-refractivity contribution in [1.82, 2.24) is 10.2 Å². The molecule has 1 aromatic carbocycles. The summed E-state index contributed by atoms with van der Waals surface area (Å²) >= 11 is 0. The van der Waals surface area contributed by atoms with Crippen molar-refractivity contribution in [2.45, 2.75) is 77.5 Å². The summed E-state index contributed by atoms with van der Waals surface area (Å²) in [4.78, 5) is 29.2. The average Bonchev–Trinajstić information content (AvgIpc) is 2.70. The SMILES string of the molecule is C[C@@H]1CN(C(=O)CCC(=O)NCCCN2[C@@H](C)CCC[C@@H]2C)c2ccccc2O1. The smallest absolute Gasteiger partial charge is 0.227 e. The molecule has 1 saturated heterocycles. The highest BCUT2D eigenvalue weighted by atomic mass is 16.5. The molecule has 0 saturated carbocycles. The summed E-state index contributed by atoms with van der Waals surface area (Å²) in [5.74, 6) is 0.650. The number of hydrogen-bond acceptors (Lipinski definition) is 4. The van der Waals surface area contributed by atoms with Crippen LogP contribution in [0.5, 0.6) is 5.75 Å². The number of hydrogen-bond donors (Lipinski definition) is 1. The van der Waals surface area contributed by atoms with Crippen LogP contribution in [0.25, 0.3) is 0 Å². The van der Waals surface area contributed by atoms with Crippen LogP contribution in [0.1, 0.15) is 59.3 Å². The third kappa shape index (κ3) is 5.72. The quantitative estimate of drug-likeness (QED) is 0.712. The van der Waals surface area contributed by atoms with Gasteiger partial charge in [0.2, 0.25) is 11.8 Å². The van der Waals surface area contributed by atoms with Gasteiger partial charge in [0.05, 0.1) is 12.2 Å². The van der Waals surface area contributed by atoms with Crippen LogP contribution in [0.4, 0.5) is 5.69 Å². The van der Waals surface area contributed by atoms with Crippen LogP contribution in [-0.4, -0.2) is 54.5 Å². The van der Waals surface area contributed by atoms with E-state index in [0.717, 1.165) is 24.4 Å². The highest BCUT2D eigenvalue weighted by Gasteiger charge is 2.27. The van der Waals surface area contributed by atoms with Gasteiger partial charge in [-0.3, -0.25) is 14.5 Å². The van der Waals surface area contributed by atoms with Crippen molar-refractivity contribution < 1.29 is 14.3 Å². The number of anilines is 1. The van der Waals surface area contributed by atoms with Crippen molar-refractivity contribution in [3.8, 4) is 5.75 Å². The Balaban J connectivity index is 1.39. The number of likely N-dealkylation sites (tertiary alicyclic amines) is 1. The molecular weight excluding hydrogens is 366 g/mol. The summed E-state index contributed by atoms with van der Waals surface area (Å²) < 4.78 is 5.79. The predicted octanol–water partition coefficient (Wildman–Crippen LogP) is 3.35. The van der Waals surface area contributed by atoms with Gasteiger partial charge in [0, 0.05) is 38.0 Å². The van der Waals surface area contributed by atoms with Gasteiger partial charge in [-0.2, -0.15) is 0 Å². The lowest BCUT2D eigenvalue weighted by Crippen LogP contribution is -2.44. The normalized spacial score (nSPS) is 24.5. The minimum absolute atomic E-state index is 0.0290. The first-order valence-corrected chi connectivity index (χ1v) is 11.0. The summed E-state index contributed by atoms with van der Waals surface area (Å²) in [6.07, 6.45) is 5.18. The third-order valence-corrected chi connectivity index (χ3v) is 6.08. The summed E-state index contributed by atoms with van der Waals surface area (Å²) in [5, 5.41) is 2.98. The third-order valence-electron chi connectivity index (χ3n) is 6.08. The van der Waals surface area contributed by atoms with Gasteiger partial charge in [-0.25, -0.2) is 0 Å². The molecule has 2 heterocycles. The Hall–Kier alpha value is -2.08. The molecule has 160 valence electrons. The second-order valence-electron chi connectivity index (χ2n) is 8.47. The lowest BCUT2D eigenvalue weighted by atomic mass is 9.97. The number of ether oxygens (including phenoxy) is 1. The van der Waals surface area contributed by atoms with Crippen molar-refractivity contribution in [2.24, 2.45) is 0 Å². The molecule has 3 atom stereocenters. The zero-order chi connectivity index (χ0) is 20.8. The van der Waals surface area contributed by atoms with E-state index in [9.17, 15) is 9.59 Å². The van der Waals surface area contributed by atoms with Gasteiger partial charge < -0.3 is 15.0 Å². The zero-order valence-corrected chi connectivity index (χ0v) is 18.0. The number of carbonyl (C=O) groups is 2. The Morgan fingerprint density at radius 2 is 1.83 bits per heavy atom. The Labute approximate surface area is 174 Å². The number of nitrogens with one attached hydrogen (secondary N) is 1. The molecule has 0 aromatic heterocycles. The van der Waals surface area contributed by atoms with E-state index in [4.69, 9.17) is 4.74 Å². The number of piperidine rings is 1. The second kappa shape index (κ2) is 10.1. The molecule has 3 rings (SSSR count). The van der Waals surface area contributed by atoms with E-state index in [1.807, 2.05) is 31.2 Å². The van der Waals surface area contributed by atoms with Gasteiger partial charge in [-0.05, 0) is 52.2 Å². The van der Waals surface area contributed by atoms with Gasteiger partial charge in [0.15, 0.2) is 0 Å². The molecule has 0 aliphatic carbocycles. The van der Waals surface area contributed by atoms with Crippen LogP contribution in [0, 0.1) is 0 Å².